The van der Waals surface area contributed by atoms with Crippen LogP contribution in [0.5, 0.6) is 0 Å². The molecule has 0 aromatic carbocycles. The third kappa shape index (κ3) is 3.73. The molecule has 1 aliphatic heterocycles. The fourth-order valence-corrected chi connectivity index (χ4v) is 2.92. The van der Waals surface area contributed by atoms with Crippen LogP contribution in [-0.4, -0.2) is 56.7 Å². The van der Waals surface area contributed by atoms with E-state index >= 15 is 0 Å². The molecule has 8 nitrogen and oxygen atoms in total. The predicted octanol–water partition coefficient (Wildman–Crippen LogP) is -0.612. The van der Waals surface area contributed by atoms with E-state index in [4.69, 9.17) is 10.6 Å². The molecule has 116 valence electrons. The summed E-state index contributed by atoms with van der Waals surface area (Å²) < 4.78 is 6.51. The van der Waals surface area contributed by atoms with E-state index in [1.165, 1.54) is 6.92 Å². The summed E-state index contributed by atoms with van der Waals surface area (Å²) in [6, 6.07) is 0. The minimum Gasteiger partial charge on any atom is -0.372 e. The third-order valence-corrected chi connectivity index (χ3v) is 4.04. The highest BCUT2D eigenvalue weighted by Gasteiger charge is 2.26. The van der Waals surface area contributed by atoms with E-state index in [2.05, 4.69) is 10.2 Å². The molecule has 0 radical (unpaired) electrons. The van der Waals surface area contributed by atoms with Gasteiger partial charge in [0.15, 0.2) is 0 Å². The van der Waals surface area contributed by atoms with E-state index in [0.29, 0.717) is 13.1 Å². The molecule has 1 aromatic heterocycles. The molecule has 2 N–H and O–H groups in total. The fourth-order valence-electron chi connectivity index (χ4n) is 2.17. The van der Waals surface area contributed by atoms with Gasteiger partial charge in [-0.25, -0.2) is 0 Å². The fraction of sp³-hybridized carbons (Fsp3) is 0.667. The molecule has 21 heavy (non-hydrogen) atoms. The first-order chi connectivity index (χ1) is 9.88. The molecular weight excluding hydrogens is 294 g/mol. The first-order valence-corrected chi connectivity index (χ1v) is 7.64. The Morgan fingerprint density at radius 2 is 2.00 bits per heavy atom. The molecule has 2 atom stereocenters. The van der Waals surface area contributed by atoms with Crippen molar-refractivity contribution in [3.05, 3.63) is 16.0 Å². The van der Waals surface area contributed by atoms with Crippen LogP contribution in [0.1, 0.15) is 19.5 Å². The van der Waals surface area contributed by atoms with Gasteiger partial charge >= 0.3 is 0 Å². The number of morpholine rings is 1. The summed E-state index contributed by atoms with van der Waals surface area (Å²) in [6.07, 6.45) is 0.0455. The van der Waals surface area contributed by atoms with Crippen molar-refractivity contribution in [2.45, 2.75) is 38.1 Å². The zero-order chi connectivity index (χ0) is 15.6. The van der Waals surface area contributed by atoms with Gasteiger partial charge in [-0.15, -0.1) is 10.2 Å². The second-order valence-electron chi connectivity index (χ2n) is 5.09. The summed E-state index contributed by atoms with van der Waals surface area (Å²) in [5.41, 5.74) is -0.183. The van der Waals surface area contributed by atoms with Gasteiger partial charge in [-0.3, -0.25) is 9.59 Å². The largest absolute Gasteiger partial charge is 0.372 e. The Hall–Kier alpha value is -1.61. The second kappa shape index (κ2) is 6.44. The standard InChI is InChI=1S/C12H19N5O3S/c1-7-4-16(5-8(2)20-7)10(18)6-21-12-15-14-9(3)11(19)17(12)13/h7-8H,4-6,13H2,1-3H3/t7-,8-/m1/s1. The van der Waals surface area contributed by atoms with Crippen LogP contribution in [0.2, 0.25) is 0 Å². The van der Waals surface area contributed by atoms with Crippen molar-refractivity contribution in [3.8, 4) is 0 Å². The van der Waals surface area contributed by atoms with Gasteiger partial charge in [-0.1, -0.05) is 11.8 Å². The van der Waals surface area contributed by atoms with E-state index < -0.39 is 5.56 Å². The number of carbonyl (C=O) groups excluding carboxylic acids is 1. The van der Waals surface area contributed by atoms with Gasteiger partial charge in [0, 0.05) is 13.1 Å². The highest BCUT2D eigenvalue weighted by atomic mass is 32.2. The summed E-state index contributed by atoms with van der Waals surface area (Å²) in [6.45, 7) is 6.55. The average molecular weight is 313 g/mol. The van der Waals surface area contributed by atoms with Crippen molar-refractivity contribution in [2.24, 2.45) is 0 Å². The number of ether oxygens (including phenoxy) is 1. The zero-order valence-electron chi connectivity index (χ0n) is 12.3. The Balaban J connectivity index is 1.98. The number of nitrogens with zero attached hydrogens (tertiary/aromatic N) is 4. The molecule has 1 aliphatic rings. The van der Waals surface area contributed by atoms with E-state index in [-0.39, 0.29) is 34.7 Å². The molecule has 1 aromatic rings. The summed E-state index contributed by atoms with van der Waals surface area (Å²) in [7, 11) is 0. The number of hydrogen-bond acceptors (Lipinski definition) is 7. The zero-order valence-corrected chi connectivity index (χ0v) is 13.1. The molecule has 0 saturated carbocycles. The van der Waals surface area contributed by atoms with Gasteiger partial charge in [-0.2, -0.15) is 4.68 Å². The maximum absolute atomic E-state index is 12.2. The van der Waals surface area contributed by atoms with Crippen molar-refractivity contribution >= 4 is 17.7 Å². The lowest BCUT2D eigenvalue weighted by Gasteiger charge is -2.35. The monoisotopic (exact) mass is 313 g/mol. The Morgan fingerprint density at radius 1 is 1.38 bits per heavy atom. The van der Waals surface area contributed by atoms with Crippen LogP contribution in [-0.2, 0) is 9.53 Å². The average Bonchev–Trinajstić information content (AvgIpc) is 2.42. The summed E-state index contributed by atoms with van der Waals surface area (Å²) in [5, 5.41) is 7.80. The van der Waals surface area contributed by atoms with E-state index in [1.54, 1.807) is 4.90 Å². The normalized spacial score (nSPS) is 22.3. The van der Waals surface area contributed by atoms with Crippen molar-refractivity contribution in [2.75, 3.05) is 24.7 Å². The quantitative estimate of drug-likeness (QED) is 0.586. The number of nitrogen functional groups attached to an aromatic ring is 1. The topological polar surface area (TPSA) is 103 Å². The lowest BCUT2D eigenvalue weighted by atomic mass is 10.2. The van der Waals surface area contributed by atoms with E-state index in [0.717, 1.165) is 16.4 Å². The van der Waals surface area contributed by atoms with Crippen molar-refractivity contribution in [3.63, 3.8) is 0 Å². The minimum atomic E-state index is -0.409. The second-order valence-corrected chi connectivity index (χ2v) is 6.03. The van der Waals surface area contributed by atoms with Crippen LogP contribution in [0.3, 0.4) is 0 Å². The molecule has 2 rings (SSSR count). The number of thioether (sulfide) groups is 1. The lowest BCUT2D eigenvalue weighted by Crippen LogP contribution is -2.48. The van der Waals surface area contributed by atoms with Crippen LogP contribution in [0.25, 0.3) is 0 Å². The molecule has 1 fully saturated rings. The molecular formula is C12H19N5O3S. The Morgan fingerprint density at radius 3 is 2.62 bits per heavy atom. The molecule has 9 heteroatoms. The SMILES string of the molecule is Cc1nnc(SCC(=O)N2C[C@@H](C)O[C@H](C)C2)n(N)c1=O. The first-order valence-electron chi connectivity index (χ1n) is 6.66. The maximum atomic E-state index is 12.2. The maximum Gasteiger partial charge on any atom is 0.294 e. The molecule has 0 bridgehead atoms. The highest BCUT2D eigenvalue weighted by Crippen LogP contribution is 2.15. The Labute approximate surface area is 126 Å². The van der Waals surface area contributed by atoms with Crippen LogP contribution in [0.15, 0.2) is 9.95 Å². The molecule has 2 heterocycles. The van der Waals surface area contributed by atoms with Gasteiger partial charge in [0.2, 0.25) is 11.1 Å². The van der Waals surface area contributed by atoms with Crippen molar-refractivity contribution < 1.29 is 9.53 Å². The molecule has 1 amide bonds. The number of nitrogens with two attached hydrogens (primary N) is 1. The van der Waals surface area contributed by atoms with Gasteiger partial charge in [0.25, 0.3) is 5.56 Å². The summed E-state index contributed by atoms with van der Waals surface area (Å²) >= 11 is 1.11. The van der Waals surface area contributed by atoms with E-state index in [9.17, 15) is 9.59 Å². The number of carbonyl (C=O) groups is 1. The summed E-state index contributed by atoms with van der Waals surface area (Å²) in [5.74, 6) is 5.76. The molecule has 1 saturated heterocycles. The number of hydrogen-bond donors (Lipinski definition) is 1. The van der Waals surface area contributed by atoms with Crippen molar-refractivity contribution in [1.29, 1.82) is 0 Å². The summed E-state index contributed by atoms with van der Waals surface area (Å²) in [4.78, 5) is 25.6. The Bertz CT molecular complexity index is 581. The molecule has 0 spiro atoms. The first kappa shape index (κ1) is 15.8. The van der Waals surface area contributed by atoms with Gasteiger partial charge < -0.3 is 15.5 Å². The third-order valence-electron chi connectivity index (χ3n) is 3.12. The lowest BCUT2D eigenvalue weighted by molar-refractivity contribution is -0.140. The van der Waals surface area contributed by atoms with Gasteiger partial charge in [-0.05, 0) is 20.8 Å². The number of amides is 1. The van der Waals surface area contributed by atoms with Crippen molar-refractivity contribution in [1.82, 2.24) is 19.8 Å². The predicted molar refractivity (Wildman–Crippen MR) is 78.5 cm³/mol. The number of rotatable bonds is 3. The number of aryl methyl sites for hydroxylation is 1. The van der Waals surface area contributed by atoms with Crippen LogP contribution in [0, 0.1) is 6.92 Å². The number of aromatic nitrogens is 3. The smallest absolute Gasteiger partial charge is 0.294 e. The molecule has 0 unspecified atom stereocenters. The molecule has 0 aliphatic carbocycles. The Kier molecular flexibility index (Phi) is 4.84. The van der Waals surface area contributed by atoms with E-state index in [1.807, 2.05) is 13.8 Å². The van der Waals surface area contributed by atoms with Crippen LogP contribution >= 0.6 is 11.8 Å². The van der Waals surface area contributed by atoms with Gasteiger partial charge in [0.1, 0.15) is 5.69 Å². The van der Waals surface area contributed by atoms with Crippen LogP contribution in [0.4, 0.5) is 0 Å². The van der Waals surface area contributed by atoms with Crippen LogP contribution < -0.4 is 11.4 Å². The minimum absolute atomic E-state index is 0.0227. The highest BCUT2D eigenvalue weighted by molar-refractivity contribution is 7.99. The van der Waals surface area contributed by atoms with Gasteiger partial charge in [0.05, 0.1) is 18.0 Å².